The molecule has 1 aromatic carbocycles. The number of aliphatic carboxylic acids is 1. The number of anilines is 1. The van der Waals surface area contributed by atoms with Crippen LogP contribution in [-0.2, 0) is 4.79 Å². The topological polar surface area (TPSA) is 75.4 Å². The zero-order valence-corrected chi connectivity index (χ0v) is 11.2. The van der Waals surface area contributed by atoms with Crippen molar-refractivity contribution in [2.24, 2.45) is 5.92 Å². The molecule has 1 saturated carbocycles. The van der Waals surface area contributed by atoms with Gasteiger partial charge in [0.1, 0.15) is 5.52 Å². The highest BCUT2D eigenvalue weighted by atomic mass is 16.4. The molecular weight excluding hydrogens is 256 g/mol. The molecule has 1 fully saturated rings. The molecule has 2 unspecified atom stereocenters. The number of hydrogen-bond donors (Lipinski definition) is 2. The molecule has 1 heterocycles. The number of oxazole rings is 1. The van der Waals surface area contributed by atoms with Gasteiger partial charge in [-0.1, -0.05) is 31.4 Å². The molecule has 0 saturated heterocycles. The maximum Gasteiger partial charge on any atom is 0.308 e. The minimum atomic E-state index is -0.736. The lowest BCUT2D eigenvalue weighted by Crippen LogP contribution is -2.33. The number of para-hydroxylation sites is 2. The Hall–Kier alpha value is -2.04. The molecule has 1 aromatic heterocycles. The standard InChI is InChI=1S/C15H18N2O3/c18-14(19)10-6-2-1-3-7-11(10)16-15-17-12-8-4-5-9-13(12)20-15/h4-5,8-11H,1-3,6-7H2,(H,16,17)(H,18,19). The number of carbonyl (C=O) groups is 1. The smallest absolute Gasteiger partial charge is 0.308 e. The van der Waals surface area contributed by atoms with Crippen LogP contribution in [0.2, 0.25) is 0 Å². The number of nitrogens with zero attached hydrogens (tertiary/aromatic N) is 1. The summed E-state index contributed by atoms with van der Waals surface area (Å²) in [6.07, 6.45) is 4.67. The monoisotopic (exact) mass is 274 g/mol. The van der Waals surface area contributed by atoms with Crippen molar-refractivity contribution in [2.45, 2.75) is 38.1 Å². The Balaban J connectivity index is 1.81. The van der Waals surface area contributed by atoms with E-state index in [1.807, 2.05) is 24.3 Å². The molecule has 0 spiro atoms. The van der Waals surface area contributed by atoms with E-state index in [1.54, 1.807) is 0 Å². The number of benzene rings is 1. The molecule has 5 nitrogen and oxygen atoms in total. The van der Waals surface area contributed by atoms with E-state index in [2.05, 4.69) is 10.3 Å². The highest BCUT2D eigenvalue weighted by Crippen LogP contribution is 2.27. The fourth-order valence-corrected chi connectivity index (χ4v) is 2.87. The van der Waals surface area contributed by atoms with E-state index >= 15 is 0 Å². The zero-order chi connectivity index (χ0) is 13.9. The normalized spacial score (nSPS) is 23.4. The molecule has 0 amide bonds. The molecule has 20 heavy (non-hydrogen) atoms. The minimum Gasteiger partial charge on any atom is -0.481 e. The lowest BCUT2D eigenvalue weighted by Gasteiger charge is -2.21. The summed E-state index contributed by atoms with van der Waals surface area (Å²) >= 11 is 0. The van der Waals surface area contributed by atoms with Gasteiger partial charge in [0.15, 0.2) is 5.58 Å². The van der Waals surface area contributed by atoms with Crippen LogP contribution in [0.4, 0.5) is 6.01 Å². The van der Waals surface area contributed by atoms with Crippen LogP contribution in [0, 0.1) is 5.92 Å². The van der Waals surface area contributed by atoms with Crippen LogP contribution in [0.25, 0.3) is 11.1 Å². The predicted molar refractivity (Wildman–Crippen MR) is 75.6 cm³/mol. The third-order valence-electron chi connectivity index (χ3n) is 3.94. The van der Waals surface area contributed by atoms with Crippen molar-refractivity contribution in [1.82, 2.24) is 4.98 Å². The van der Waals surface area contributed by atoms with Gasteiger partial charge in [-0.3, -0.25) is 4.79 Å². The Morgan fingerprint density at radius 2 is 2.05 bits per heavy atom. The summed E-state index contributed by atoms with van der Waals surface area (Å²) in [6.45, 7) is 0. The van der Waals surface area contributed by atoms with Crippen LogP contribution >= 0.6 is 0 Å². The number of nitrogens with one attached hydrogen (secondary N) is 1. The van der Waals surface area contributed by atoms with Crippen molar-refractivity contribution in [1.29, 1.82) is 0 Å². The lowest BCUT2D eigenvalue weighted by atomic mass is 9.95. The molecule has 5 heteroatoms. The van der Waals surface area contributed by atoms with E-state index in [9.17, 15) is 9.90 Å². The van der Waals surface area contributed by atoms with Gasteiger partial charge in [-0.2, -0.15) is 4.98 Å². The van der Waals surface area contributed by atoms with E-state index in [1.165, 1.54) is 0 Å². The molecule has 0 radical (unpaired) electrons. The van der Waals surface area contributed by atoms with Gasteiger partial charge in [0, 0.05) is 6.04 Å². The summed E-state index contributed by atoms with van der Waals surface area (Å²) in [4.78, 5) is 15.7. The quantitative estimate of drug-likeness (QED) is 0.840. The van der Waals surface area contributed by atoms with Gasteiger partial charge in [-0.25, -0.2) is 0 Å². The second-order valence-electron chi connectivity index (χ2n) is 5.32. The largest absolute Gasteiger partial charge is 0.481 e. The summed E-state index contributed by atoms with van der Waals surface area (Å²) in [5, 5.41) is 12.5. The van der Waals surface area contributed by atoms with E-state index in [-0.39, 0.29) is 12.0 Å². The summed E-state index contributed by atoms with van der Waals surface area (Å²) in [5.74, 6) is -1.10. The van der Waals surface area contributed by atoms with Gasteiger partial charge in [0.05, 0.1) is 5.92 Å². The molecule has 2 N–H and O–H groups in total. The fourth-order valence-electron chi connectivity index (χ4n) is 2.87. The third kappa shape index (κ3) is 2.61. The molecular formula is C15H18N2O3. The Morgan fingerprint density at radius 1 is 1.25 bits per heavy atom. The summed E-state index contributed by atoms with van der Waals surface area (Å²) in [5.41, 5.74) is 1.51. The average Bonchev–Trinajstić information content (AvgIpc) is 2.68. The van der Waals surface area contributed by atoms with Crippen LogP contribution in [0.5, 0.6) is 0 Å². The number of rotatable bonds is 3. The SMILES string of the molecule is O=C(O)C1CCCCCC1Nc1nc2ccccc2o1. The molecule has 1 aliphatic carbocycles. The Kier molecular flexibility index (Phi) is 3.58. The summed E-state index contributed by atoms with van der Waals surface area (Å²) in [6, 6.07) is 7.84. The molecule has 2 aromatic rings. The second kappa shape index (κ2) is 5.53. The molecule has 1 aliphatic rings. The third-order valence-corrected chi connectivity index (χ3v) is 3.94. The van der Waals surface area contributed by atoms with Gasteiger partial charge < -0.3 is 14.8 Å². The molecule has 2 atom stereocenters. The maximum atomic E-state index is 11.4. The van der Waals surface area contributed by atoms with Crippen molar-refractivity contribution < 1.29 is 14.3 Å². The number of fused-ring (bicyclic) bond motifs is 1. The van der Waals surface area contributed by atoms with E-state index in [0.717, 1.165) is 36.8 Å². The molecule has 0 bridgehead atoms. The molecule has 106 valence electrons. The number of carboxylic acids is 1. The van der Waals surface area contributed by atoms with Gasteiger partial charge in [0.2, 0.25) is 0 Å². The molecule has 3 rings (SSSR count). The van der Waals surface area contributed by atoms with Crippen LogP contribution in [0.1, 0.15) is 32.1 Å². The summed E-state index contributed by atoms with van der Waals surface area (Å²) in [7, 11) is 0. The second-order valence-corrected chi connectivity index (χ2v) is 5.32. The van der Waals surface area contributed by atoms with E-state index in [0.29, 0.717) is 12.4 Å². The fraction of sp³-hybridized carbons (Fsp3) is 0.467. The van der Waals surface area contributed by atoms with Crippen LogP contribution < -0.4 is 5.32 Å². The average molecular weight is 274 g/mol. The van der Waals surface area contributed by atoms with Gasteiger partial charge >= 0.3 is 5.97 Å². The highest BCUT2D eigenvalue weighted by Gasteiger charge is 2.30. The summed E-state index contributed by atoms with van der Waals surface area (Å²) < 4.78 is 5.62. The van der Waals surface area contributed by atoms with Crippen molar-refractivity contribution in [2.75, 3.05) is 5.32 Å². The highest BCUT2D eigenvalue weighted by molar-refractivity contribution is 5.74. The van der Waals surface area contributed by atoms with Crippen LogP contribution in [-0.4, -0.2) is 22.1 Å². The van der Waals surface area contributed by atoms with Crippen molar-refractivity contribution in [3.8, 4) is 0 Å². The van der Waals surface area contributed by atoms with Crippen molar-refractivity contribution >= 4 is 23.1 Å². The van der Waals surface area contributed by atoms with E-state index < -0.39 is 5.97 Å². The van der Waals surface area contributed by atoms with Crippen LogP contribution in [0.3, 0.4) is 0 Å². The first-order valence-electron chi connectivity index (χ1n) is 7.09. The van der Waals surface area contributed by atoms with E-state index in [4.69, 9.17) is 4.42 Å². The Morgan fingerprint density at radius 3 is 2.85 bits per heavy atom. The molecule has 0 aliphatic heterocycles. The first-order chi connectivity index (χ1) is 9.74. The van der Waals surface area contributed by atoms with Crippen LogP contribution in [0.15, 0.2) is 28.7 Å². The maximum absolute atomic E-state index is 11.4. The number of hydrogen-bond acceptors (Lipinski definition) is 4. The Bertz CT molecular complexity index is 575. The van der Waals surface area contributed by atoms with Gasteiger partial charge in [-0.05, 0) is 25.0 Å². The first-order valence-corrected chi connectivity index (χ1v) is 7.09. The van der Waals surface area contributed by atoms with Gasteiger partial charge in [0.25, 0.3) is 6.01 Å². The number of aromatic nitrogens is 1. The lowest BCUT2D eigenvalue weighted by molar-refractivity contribution is -0.142. The zero-order valence-electron chi connectivity index (χ0n) is 11.2. The van der Waals surface area contributed by atoms with Crippen molar-refractivity contribution in [3.63, 3.8) is 0 Å². The number of carboxylic acid groups (broad SMARTS) is 1. The predicted octanol–water partition coefficient (Wildman–Crippen LogP) is 3.27. The first kappa shape index (κ1) is 13.0. The Labute approximate surface area is 117 Å². The minimum absolute atomic E-state index is 0.108. The van der Waals surface area contributed by atoms with Gasteiger partial charge in [-0.15, -0.1) is 0 Å². The van der Waals surface area contributed by atoms with Crippen molar-refractivity contribution in [3.05, 3.63) is 24.3 Å².